The van der Waals surface area contributed by atoms with Crippen molar-refractivity contribution in [1.82, 2.24) is 24.4 Å². The van der Waals surface area contributed by atoms with Crippen molar-refractivity contribution in [2.45, 2.75) is 6.92 Å². The highest BCUT2D eigenvalue weighted by Gasteiger charge is 2.23. The van der Waals surface area contributed by atoms with Crippen LogP contribution < -0.4 is 14.9 Å². The number of pyridine rings is 1. The summed E-state index contributed by atoms with van der Waals surface area (Å²) >= 11 is 0. The summed E-state index contributed by atoms with van der Waals surface area (Å²) in [6, 6.07) is 12.9. The molecule has 2 aromatic heterocycles. The van der Waals surface area contributed by atoms with E-state index >= 15 is 8.78 Å². The van der Waals surface area contributed by atoms with E-state index in [1.807, 2.05) is 4.90 Å². The first kappa shape index (κ1) is 26.7. The monoisotopic (exact) mass is 553 g/mol. The number of nitrogens with zero attached hydrogens (tertiary/aromatic N) is 5. The van der Waals surface area contributed by atoms with Gasteiger partial charge in [0.1, 0.15) is 11.5 Å². The lowest BCUT2D eigenvalue weighted by atomic mass is 10.0. The van der Waals surface area contributed by atoms with Crippen molar-refractivity contribution >= 4 is 21.6 Å². The lowest BCUT2D eigenvalue weighted by Gasteiger charge is -2.29. The number of hydrogen-bond donors (Lipinski definition) is 2. The van der Waals surface area contributed by atoms with Crippen LogP contribution in [0.1, 0.15) is 6.92 Å². The smallest absolute Gasteiger partial charge is 0.301 e. The third-order valence-electron chi connectivity index (χ3n) is 6.70. The van der Waals surface area contributed by atoms with Gasteiger partial charge in [-0.15, -0.1) is 0 Å². The molecule has 0 unspecified atom stereocenters. The number of anilines is 2. The van der Waals surface area contributed by atoms with Crippen LogP contribution in [0.3, 0.4) is 0 Å². The van der Waals surface area contributed by atoms with E-state index in [1.165, 1.54) is 23.9 Å². The van der Waals surface area contributed by atoms with Crippen molar-refractivity contribution in [3.05, 3.63) is 78.8 Å². The molecule has 3 heterocycles. The van der Waals surface area contributed by atoms with Crippen LogP contribution in [-0.4, -0.2) is 67.3 Å². The summed E-state index contributed by atoms with van der Waals surface area (Å²) in [5.74, 6) is -1.12. The molecule has 0 radical (unpaired) electrons. The van der Waals surface area contributed by atoms with E-state index in [2.05, 4.69) is 20.1 Å². The SMILES string of the molecule is CCN(C)S(=O)(=O)Nc1cccc(-c2cn(-c3ccc(N4CCNCC4)c(F)c3)nc2-c2ccncc2)c1F. The molecule has 0 saturated carbocycles. The van der Waals surface area contributed by atoms with Crippen LogP contribution in [0.15, 0.2) is 67.1 Å². The lowest BCUT2D eigenvalue weighted by molar-refractivity contribution is 0.491. The molecule has 1 saturated heterocycles. The van der Waals surface area contributed by atoms with Crippen LogP contribution in [0.5, 0.6) is 0 Å². The highest BCUT2D eigenvalue weighted by Crippen LogP contribution is 2.36. The van der Waals surface area contributed by atoms with Crippen molar-refractivity contribution in [3.8, 4) is 28.1 Å². The summed E-state index contributed by atoms with van der Waals surface area (Å²) in [5.41, 5.74) is 2.47. The zero-order valence-corrected chi connectivity index (χ0v) is 22.4. The van der Waals surface area contributed by atoms with Gasteiger partial charge in [0.15, 0.2) is 5.82 Å². The molecular formula is C27H29F2N7O2S. The van der Waals surface area contributed by atoms with Crippen LogP contribution in [0, 0.1) is 11.6 Å². The van der Waals surface area contributed by atoms with Gasteiger partial charge >= 0.3 is 10.2 Å². The van der Waals surface area contributed by atoms with E-state index < -0.39 is 16.0 Å². The molecule has 0 atom stereocenters. The zero-order chi connectivity index (χ0) is 27.6. The number of nitrogens with one attached hydrogen (secondary N) is 2. The fraction of sp³-hybridized carbons (Fsp3) is 0.259. The molecule has 4 aromatic rings. The van der Waals surface area contributed by atoms with E-state index in [0.717, 1.165) is 17.4 Å². The Kier molecular flexibility index (Phi) is 7.60. The standard InChI is InChI=1S/C27H29F2N7O2S/c1-3-34(2)39(37,38)33-24-6-4-5-21(26(24)29)22-18-36(32-27(22)19-9-11-30-12-10-19)20-7-8-25(23(28)17-20)35-15-13-31-14-16-35/h4-12,17-18,31,33H,3,13-16H2,1-2H3. The molecule has 204 valence electrons. The fourth-order valence-corrected chi connectivity index (χ4v) is 5.36. The topological polar surface area (TPSA) is 95.4 Å². The Labute approximate surface area is 226 Å². The van der Waals surface area contributed by atoms with Crippen LogP contribution >= 0.6 is 0 Å². The summed E-state index contributed by atoms with van der Waals surface area (Å²) in [6.07, 6.45) is 4.81. The van der Waals surface area contributed by atoms with E-state index in [-0.39, 0.29) is 23.6 Å². The molecule has 0 spiro atoms. The first-order valence-electron chi connectivity index (χ1n) is 12.6. The minimum absolute atomic E-state index is 0.144. The summed E-state index contributed by atoms with van der Waals surface area (Å²) in [6.45, 7) is 4.90. The minimum atomic E-state index is -3.94. The molecule has 5 rings (SSSR count). The first-order chi connectivity index (χ1) is 18.8. The molecule has 2 N–H and O–H groups in total. The van der Waals surface area contributed by atoms with Gasteiger partial charge in [0.05, 0.1) is 17.1 Å². The van der Waals surface area contributed by atoms with Gasteiger partial charge < -0.3 is 10.2 Å². The molecule has 1 fully saturated rings. The Morgan fingerprint density at radius 1 is 1.05 bits per heavy atom. The predicted octanol–water partition coefficient (Wildman–Crippen LogP) is 3.90. The van der Waals surface area contributed by atoms with E-state index in [1.54, 1.807) is 61.9 Å². The molecule has 12 heteroatoms. The third kappa shape index (κ3) is 5.49. The molecule has 0 amide bonds. The maximum atomic E-state index is 15.8. The Morgan fingerprint density at radius 3 is 2.49 bits per heavy atom. The van der Waals surface area contributed by atoms with Crippen LogP contribution in [0.25, 0.3) is 28.1 Å². The average Bonchev–Trinajstić information content (AvgIpc) is 3.40. The van der Waals surface area contributed by atoms with Gasteiger partial charge in [-0.25, -0.2) is 13.5 Å². The van der Waals surface area contributed by atoms with E-state index in [4.69, 9.17) is 0 Å². The molecule has 2 aromatic carbocycles. The predicted molar refractivity (Wildman–Crippen MR) is 148 cm³/mol. The van der Waals surface area contributed by atoms with Crippen LogP contribution in [0.4, 0.5) is 20.2 Å². The van der Waals surface area contributed by atoms with E-state index in [0.29, 0.717) is 41.3 Å². The Bertz CT molecular complexity index is 1570. The summed E-state index contributed by atoms with van der Waals surface area (Å²) < 4.78 is 61.0. The molecule has 1 aliphatic heterocycles. The number of aromatic nitrogens is 3. The van der Waals surface area contributed by atoms with Crippen molar-refractivity contribution in [2.24, 2.45) is 0 Å². The normalized spacial score (nSPS) is 14.1. The minimum Gasteiger partial charge on any atom is -0.367 e. The highest BCUT2D eigenvalue weighted by atomic mass is 32.2. The van der Waals surface area contributed by atoms with Gasteiger partial charge in [0.25, 0.3) is 0 Å². The second kappa shape index (κ2) is 11.1. The number of piperazine rings is 1. The summed E-state index contributed by atoms with van der Waals surface area (Å²) in [7, 11) is -2.53. The molecule has 9 nitrogen and oxygen atoms in total. The van der Waals surface area contributed by atoms with Crippen LogP contribution in [0.2, 0.25) is 0 Å². The largest absolute Gasteiger partial charge is 0.367 e. The summed E-state index contributed by atoms with van der Waals surface area (Å²) in [4.78, 5) is 6.04. The second-order valence-electron chi connectivity index (χ2n) is 9.13. The van der Waals surface area contributed by atoms with Gasteiger partial charge in [0.2, 0.25) is 0 Å². The maximum absolute atomic E-state index is 15.8. The Hall–Kier alpha value is -3.87. The number of hydrogen-bond acceptors (Lipinski definition) is 6. The number of halogens is 2. The number of rotatable bonds is 8. The van der Waals surface area contributed by atoms with Gasteiger partial charge in [-0.1, -0.05) is 19.1 Å². The molecule has 0 bridgehead atoms. The molecule has 39 heavy (non-hydrogen) atoms. The van der Waals surface area contributed by atoms with Crippen molar-refractivity contribution in [3.63, 3.8) is 0 Å². The zero-order valence-electron chi connectivity index (χ0n) is 21.6. The Morgan fingerprint density at radius 2 is 1.79 bits per heavy atom. The van der Waals surface area contributed by atoms with Crippen molar-refractivity contribution in [1.29, 1.82) is 0 Å². The van der Waals surface area contributed by atoms with Gasteiger partial charge in [-0.3, -0.25) is 9.71 Å². The molecule has 0 aliphatic carbocycles. The maximum Gasteiger partial charge on any atom is 0.301 e. The first-order valence-corrected chi connectivity index (χ1v) is 14.0. The number of benzene rings is 2. The second-order valence-corrected chi connectivity index (χ2v) is 10.9. The average molecular weight is 554 g/mol. The van der Waals surface area contributed by atoms with Gasteiger partial charge in [-0.2, -0.15) is 17.8 Å². The van der Waals surface area contributed by atoms with Crippen LogP contribution in [-0.2, 0) is 10.2 Å². The van der Waals surface area contributed by atoms with Gasteiger partial charge in [-0.05, 0) is 30.3 Å². The van der Waals surface area contributed by atoms with Crippen molar-refractivity contribution in [2.75, 3.05) is 49.4 Å². The quantitative estimate of drug-likeness (QED) is 0.344. The summed E-state index contributed by atoms with van der Waals surface area (Å²) in [5, 5.41) is 7.94. The molecular weight excluding hydrogens is 524 g/mol. The third-order valence-corrected chi connectivity index (χ3v) is 8.26. The molecule has 1 aliphatic rings. The van der Waals surface area contributed by atoms with Gasteiger partial charge in [0, 0.05) is 81.1 Å². The highest BCUT2D eigenvalue weighted by molar-refractivity contribution is 7.90. The Balaban J connectivity index is 1.58. The van der Waals surface area contributed by atoms with Crippen molar-refractivity contribution < 1.29 is 17.2 Å². The lowest BCUT2D eigenvalue weighted by Crippen LogP contribution is -2.43. The van der Waals surface area contributed by atoms with E-state index in [9.17, 15) is 8.42 Å². The fourth-order valence-electron chi connectivity index (χ4n) is 4.43.